The summed E-state index contributed by atoms with van der Waals surface area (Å²) in [5, 5.41) is 68.1. The molecule has 0 aliphatic heterocycles. The fourth-order valence-corrected chi connectivity index (χ4v) is 0.843. The summed E-state index contributed by atoms with van der Waals surface area (Å²) in [4.78, 5) is 19.8. The van der Waals surface area contributed by atoms with Crippen molar-refractivity contribution in [3.63, 3.8) is 0 Å². The maximum atomic E-state index is 10.1. The van der Waals surface area contributed by atoms with Gasteiger partial charge in [-0.25, -0.2) is 9.59 Å². The molecule has 0 aromatic rings. The maximum absolute atomic E-state index is 10.1. The van der Waals surface area contributed by atoms with Gasteiger partial charge in [0.05, 0.1) is 6.61 Å². The first-order chi connectivity index (χ1) is 9.09. The van der Waals surface area contributed by atoms with Gasteiger partial charge in [0.1, 0.15) is 18.3 Å². The molecule has 10 heteroatoms. The van der Waals surface area contributed by atoms with Gasteiger partial charge in [0, 0.05) is 0 Å². The second kappa shape index (κ2) is 10.5. The smallest absolute Gasteiger partial charge is 0.335 e. The minimum atomic E-state index is -2.20. The Labute approximate surface area is 114 Å². The number of rotatable bonds is 7. The summed E-state index contributed by atoms with van der Waals surface area (Å²) in [5.41, 5.74) is 0. The normalized spacial score (nSPS) is 17.9. The summed E-state index contributed by atoms with van der Waals surface area (Å²) in [6.45, 7) is 0.767. The Morgan fingerprint density at radius 3 is 1.55 bits per heavy atom. The van der Waals surface area contributed by atoms with E-state index in [0.29, 0.717) is 0 Å². The molecule has 20 heavy (non-hydrogen) atoms. The monoisotopic (exact) mass is 300 g/mol. The Morgan fingerprint density at radius 2 is 1.35 bits per heavy atom. The molecule has 0 amide bonds. The van der Waals surface area contributed by atoms with E-state index in [1.165, 1.54) is 0 Å². The molecule has 5 unspecified atom stereocenters. The molecule has 0 spiro atoms. The minimum absolute atomic E-state index is 0.273. The first-order valence-electron chi connectivity index (χ1n) is 5.56. The first kappa shape index (κ1) is 21.0. The van der Waals surface area contributed by atoms with E-state index in [4.69, 9.17) is 40.9 Å². The zero-order valence-corrected chi connectivity index (χ0v) is 10.7. The van der Waals surface area contributed by atoms with Crippen molar-refractivity contribution in [1.82, 2.24) is 0 Å². The third-order valence-electron chi connectivity index (χ3n) is 2.18. The van der Waals surface area contributed by atoms with Crippen molar-refractivity contribution >= 4 is 11.9 Å². The third kappa shape index (κ3) is 7.99. The van der Waals surface area contributed by atoms with Crippen LogP contribution in [0, 0.1) is 0 Å². The van der Waals surface area contributed by atoms with Gasteiger partial charge in [-0.3, -0.25) is 0 Å². The molecule has 5 atom stereocenters. The highest BCUT2D eigenvalue weighted by atomic mass is 16.4. The van der Waals surface area contributed by atoms with Crippen LogP contribution >= 0.6 is 0 Å². The van der Waals surface area contributed by atoms with E-state index >= 15 is 0 Å². The first-order valence-corrected chi connectivity index (χ1v) is 5.56. The van der Waals surface area contributed by atoms with Crippen LogP contribution in [0.15, 0.2) is 0 Å². The van der Waals surface area contributed by atoms with Crippen molar-refractivity contribution in [3.8, 4) is 0 Å². The van der Waals surface area contributed by atoms with Crippen molar-refractivity contribution in [2.24, 2.45) is 0 Å². The van der Waals surface area contributed by atoms with Crippen LogP contribution in [0.4, 0.5) is 0 Å². The van der Waals surface area contributed by atoms with Gasteiger partial charge in [-0.15, -0.1) is 0 Å². The SMILES string of the molecule is CCC(O)C(=O)O.O=C(O)C(O)C(O)C(O)C(O)CO. The van der Waals surface area contributed by atoms with Gasteiger partial charge < -0.3 is 40.9 Å². The summed E-state index contributed by atoms with van der Waals surface area (Å²) < 4.78 is 0. The second-order valence-corrected chi connectivity index (χ2v) is 3.78. The maximum Gasteiger partial charge on any atom is 0.335 e. The molecule has 0 saturated carbocycles. The van der Waals surface area contributed by atoms with Crippen LogP contribution < -0.4 is 0 Å². The lowest BCUT2D eigenvalue weighted by molar-refractivity contribution is -0.164. The van der Waals surface area contributed by atoms with Crippen molar-refractivity contribution in [1.29, 1.82) is 0 Å². The molecule has 0 aromatic carbocycles. The Hall–Kier alpha value is -1.30. The zero-order chi connectivity index (χ0) is 16.5. The standard InChI is InChI=1S/C6H12O7.C4H8O3/c7-1-2(8)3(9)4(10)5(11)6(12)13;1-2-3(5)4(6)7/h2-5,7-11H,1H2,(H,12,13);3,5H,2H2,1H3,(H,6,7). The summed E-state index contributed by atoms with van der Waals surface area (Å²) in [6, 6.07) is 0. The van der Waals surface area contributed by atoms with E-state index in [9.17, 15) is 9.59 Å². The molecule has 0 aliphatic carbocycles. The van der Waals surface area contributed by atoms with E-state index in [1.807, 2.05) is 0 Å². The molecular formula is C10H20O10. The van der Waals surface area contributed by atoms with Gasteiger partial charge in [0.25, 0.3) is 0 Å². The molecule has 0 aromatic heterocycles. The molecule has 0 heterocycles. The average Bonchev–Trinajstić information content (AvgIpc) is 2.43. The third-order valence-corrected chi connectivity index (χ3v) is 2.18. The highest BCUT2D eigenvalue weighted by molar-refractivity contribution is 5.72. The highest BCUT2D eigenvalue weighted by Crippen LogP contribution is 2.04. The molecule has 0 saturated heterocycles. The molecule has 0 aliphatic rings. The number of aliphatic carboxylic acids is 2. The predicted molar refractivity (Wildman–Crippen MR) is 62.7 cm³/mol. The number of hydrogen-bond acceptors (Lipinski definition) is 8. The van der Waals surface area contributed by atoms with Crippen LogP contribution in [0.25, 0.3) is 0 Å². The molecule has 120 valence electrons. The molecule has 8 N–H and O–H groups in total. The van der Waals surface area contributed by atoms with E-state index in [-0.39, 0.29) is 6.42 Å². The summed E-state index contributed by atoms with van der Waals surface area (Å²) in [6.07, 6.45) is -8.74. The minimum Gasteiger partial charge on any atom is -0.479 e. The van der Waals surface area contributed by atoms with Crippen LogP contribution in [0.2, 0.25) is 0 Å². The van der Waals surface area contributed by atoms with Gasteiger partial charge >= 0.3 is 11.9 Å². The Kier molecular flexibility index (Phi) is 11.0. The topological polar surface area (TPSA) is 196 Å². The van der Waals surface area contributed by atoms with Crippen LogP contribution in [-0.4, -0.2) is 89.9 Å². The summed E-state index contributed by atoms with van der Waals surface area (Å²) >= 11 is 0. The summed E-state index contributed by atoms with van der Waals surface area (Å²) in [7, 11) is 0. The van der Waals surface area contributed by atoms with Gasteiger partial charge in [-0.1, -0.05) is 6.92 Å². The van der Waals surface area contributed by atoms with Crippen LogP contribution in [-0.2, 0) is 9.59 Å². The van der Waals surface area contributed by atoms with Crippen LogP contribution in [0.5, 0.6) is 0 Å². The Morgan fingerprint density at radius 1 is 0.900 bits per heavy atom. The van der Waals surface area contributed by atoms with Gasteiger partial charge in [-0.05, 0) is 6.42 Å². The van der Waals surface area contributed by atoms with Crippen molar-refractivity contribution < 1.29 is 50.4 Å². The average molecular weight is 300 g/mol. The highest BCUT2D eigenvalue weighted by Gasteiger charge is 2.33. The van der Waals surface area contributed by atoms with Crippen molar-refractivity contribution in [3.05, 3.63) is 0 Å². The summed E-state index contributed by atoms with van der Waals surface area (Å²) in [5.74, 6) is -2.88. The van der Waals surface area contributed by atoms with Gasteiger partial charge in [0.2, 0.25) is 0 Å². The van der Waals surface area contributed by atoms with Crippen molar-refractivity contribution in [2.45, 2.75) is 43.9 Å². The van der Waals surface area contributed by atoms with E-state index in [1.54, 1.807) is 6.92 Å². The lowest BCUT2D eigenvalue weighted by atomic mass is 10.0. The predicted octanol–water partition coefficient (Wildman–Crippen LogP) is -3.65. The zero-order valence-electron chi connectivity index (χ0n) is 10.7. The number of carboxylic acids is 2. The lowest BCUT2D eigenvalue weighted by Gasteiger charge is -2.23. The molecular weight excluding hydrogens is 280 g/mol. The molecule has 10 nitrogen and oxygen atoms in total. The van der Waals surface area contributed by atoms with E-state index < -0.39 is 49.1 Å². The lowest BCUT2D eigenvalue weighted by Crippen LogP contribution is -2.48. The quantitative estimate of drug-likeness (QED) is 0.232. The van der Waals surface area contributed by atoms with Crippen LogP contribution in [0.1, 0.15) is 13.3 Å². The number of carboxylic acid groups (broad SMARTS) is 2. The second-order valence-electron chi connectivity index (χ2n) is 3.78. The number of hydrogen-bond donors (Lipinski definition) is 8. The Balaban J connectivity index is 0. The van der Waals surface area contributed by atoms with E-state index in [0.717, 1.165) is 0 Å². The number of aliphatic hydroxyl groups excluding tert-OH is 6. The molecule has 0 rings (SSSR count). The fourth-order valence-electron chi connectivity index (χ4n) is 0.843. The molecule has 0 radical (unpaired) electrons. The van der Waals surface area contributed by atoms with Gasteiger partial charge in [0.15, 0.2) is 12.2 Å². The fraction of sp³-hybridized carbons (Fsp3) is 0.800. The van der Waals surface area contributed by atoms with Crippen LogP contribution in [0.3, 0.4) is 0 Å². The van der Waals surface area contributed by atoms with E-state index in [2.05, 4.69) is 0 Å². The number of carbonyl (C=O) groups is 2. The largest absolute Gasteiger partial charge is 0.479 e. The molecule has 0 fully saturated rings. The molecule has 0 bridgehead atoms. The Bertz CT molecular complexity index is 294. The van der Waals surface area contributed by atoms with Crippen molar-refractivity contribution in [2.75, 3.05) is 6.61 Å². The van der Waals surface area contributed by atoms with Gasteiger partial charge in [-0.2, -0.15) is 0 Å². The number of aliphatic hydroxyl groups is 6.